The van der Waals surface area contributed by atoms with Crippen LogP contribution in [0.5, 0.6) is 0 Å². The van der Waals surface area contributed by atoms with Crippen LogP contribution < -0.4 is 11.1 Å². The van der Waals surface area contributed by atoms with Gasteiger partial charge in [0.1, 0.15) is 0 Å². The van der Waals surface area contributed by atoms with Crippen LogP contribution in [0.25, 0.3) is 0 Å². The number of hydrogen-bond acceptors (Lipinski definition) is 3. The van der Waals surface area contributed by atoms with E-state index >= 15 is 0 Å². The molecule has 2 rings (SSSR count). The zero-order valence-electron chi connectivity index (χ0n) is 14.1. The lowest BCUT2D eigenvalue weighted by Crippen LogP contribution is -2.61. The highest BCUT2D eigenvalue weighted by Gasteiger charge is 2.43. The van der Waals surface area contributed by atoms with Gasteiger partial charge in [-0.2, -0.15) is 0 Å². The molecule has 4 heteroatoms. The summed E-state index contributed by atoms with van der Waals surface area (Å²) in [5.41, 5.74) is 5.70. The van der Waals surface area contributed by atoms with E-state index in [9.17, 15) is 4.79 Å². The summed E-state index contributed by atoms with van der Waals surface area (Å²) in [5, 5.41) is 3.47. The maximum atomic E-state index is 12.1. The average molecular weight is 295 g/mol. The third kappa shape index (κ3) is 3.98. The first kappa shape index (κ1) is 16.8. The van der Waals surface area contributed by atoms with Gasteiger partial charge in [-0.3, -0.25) is 9.69 Å². The number of carbonyl (C=O) groups excluding carboxylic acids is 1. The number of rotatable bonds is 5. The Morgan fingerprint density at radius 3 is 2.71 bits per heavy atom. The van der Waals surface area contributed by atoms with E-state index in [0.29, 0.717) is 11.5 Å². The van der Waals surface area contributed by atoms with Crippen LogP contribution >= 0.6 is 0 Å². The number of nitrogens with two attached hydrogens (primary N) is 1. The van der Waals surface area contributed by atoms with Crippen LogP contribution in [0.1, 0.15) is 65.7 Å². The molecule has 4 nitrogen and oxygen atoms in total. The normalized spacial score (nSPS) is 33.8. The van der Waals surface area contributed by atoms with Crippen LogP contribution in [0.2, 0.25) is 0 Å². The molecule has 122 valence electrons. The van der Waals surface area contributed by atoms with Gasteiger partial charge >= 0.3 is 0 Å². The number of nitrogens with one attached hydrogen (secondary N) is 1. The zero-order chi connectivity index (χ0) is 15.5. The van der Waals surface area contributed by atoms with Gasteiger partial charge in [-0.15, -0.1) is 0 Å². The number of hydrogen-bond donors (Lipinski definition) is 2. The predicted molar refractivity (Wildman–Crippen MR) is 87.1 cm³/mol. The van der Waals surface area contributed by atoms with Gasteiger partial charge in [0.25, 0.3) is 0 Å². The first-order valence-electron chi connectivity index (χ1n) is 8.67. The SMILES string of the molecule is CCCNC1(C(N)=O)CCCC(N2CCCC(C)(C)C2)C1. The molecular weight excluding hydrogens is 262 g/mol. The van der Waals surface area contributed by atoms with Gasteiger partial charge in [0.15, 0.2) is 0 Å². The molecule has 1 saturated heterocycles. The van der Waals surface area contributed by atoms with Crippen molar-refractivity contribution in [1.82, 2.24) is 10.2 Å². The number of likely N-dealkylation sites (tertiary alicyclic amines) is 1. The third-order valence-corrected chi connectivity index (χ3v) is 5.36. The first-order chi connectivity index (χ1) is 9.88. The number of piperidine rings is 1. The molecule has 1 aliphatic heterocycles. The quantitative estimate of drug-likeness (QED) is 0.818. The molecule has 21 heavy (non-hydrogen) atoms. The molecule has 3 N–H and O–H groups in total. The predicted octanol–water partition coefficient (Wildman–Crippen LogP) is 2.27. The van der Waals surface area contributed by atoms with E-state index in [0.717, 1.165) is 38.8 Å². The molecule has 2 atom stereocenters. The van der Waals surface area contributed by atoms with Crippen LogP contribution in [0.3, 0.4) is 0 Å². The van der Waals surface area contributed by atoms with E-state index < -0.39 is 5.54 Å². The summed E-state index contributed by atoms with van der Waals surface area (Å²) in [6.07, 6.45) is 7.71. The Morgan fingerprint density at radius 2 is 2.10 bits per heavy atom. The first-order valence-corrected chi connectivity index (χ1v) is 8.67. The lowest BCUT2D eigenvalue weighted by molar-refractivity contribution is -0.127. The summed E-state index contributed by atoms with van der Waals surface area (Å²) in [5.74, 6) is -0.156. The van der Waals surface area contributed by atoms with Crippen molar-refractivity contribution < 1.29 is 4.79 Å². The minimum atomic E-state index is -0.472. The molecule has 1 heterocycles. The molecule has 1 amide bonds. The summed E-state index contributed by atoms with van der Waals surface area (Å²) in [4.78, 5) is 14.7. The van der Waals surface area contributed by atoms with Gasteiger partial charge in [0.2, 0.25) is 5.91 Å². The Bertz CT molecular complexity index is 369. The highest BCUT2D eigenvalue weighted by molar-refractivity contribution is 5.84. The van der Waals surface area contributed by atoms with Crippen molar-refractivity contribution in [3.8, 4) is 0 Å². The van der Waals surface area contributed by atoms with Gasteiger partial charge in [-0.1, -0.05) is 20.8 Å². The fourth-order valence-electron chi connectivity index (χ4n) is 4.17. The summed E-state index contributed by atoms with van der Waals surface area (Å²) < 4.78 is 0. The second-order valence-corrected chi connectivity index (χ2v) is 7.86. The van der Waals surface area contributed by atoms with Crippen LogP contribution in [-0.2, 0) is 4.79 Å². The van der Waals surface area contributed by atoms with Gasteiger partial charge in [0.05, 0.1) is 5.54 Å². The molecule has 1 saturated carbocycles. The molecule has 0 aromatic carbocycles. The van der Waals surface area contributed by atoms with E-state index in [2.05, 4.69) is 31.0 Å². The van der Waals surface area contributed by atoms with Crippen molar-refractivity contribution in [2.24, 2.45) is 11.1 Å². The highest BCUT2D eigenvalue weighted by Crippen LogP contribution is 2.36. The summed E-state index contributed by atoms with van der Waals surface area (Å²) >= 11 is 0. The molecular formula is C17H33N3O. The molecule has 1 aliphatic carbocycles. The van der Waals surface area contributed by atoms with Crippen LogP contribution in [0.4, 0.5) is 0 Å². The third-order valence-electron chi connectivity index (χ3n) is 5.36. The van der Waals surface area contributed by atoms with Crippen molar-refractivity contribution >= 4 is 5.91 Å². The number of amides is 1. The van der Waals surface area contributed by atoms with Crippen molar-refractivity contribution in [2.45, 2.75) is 77.3 Å². The van der Waals surface area contributed by atoms with E-state index in [4.69, 9.17) is 5.73 Å². The molecule has 0 radical (unpaired) electrons. The molecule has 2 fully saturated rings. The Hall–Kier alpha value is -0.610. The monoisotopic (exact) mass is 295 g/mol. The zero-order valence-corrected chi connectivity index (χ0v) is 14.1. The average Bonchev–Trinajstić information content (AvgIpc) is 2.44. The van der Waals surface area contributed by atoms with Crippen LogP contribution in [0, 0.1) is 5.41 Å². The molecule has 0 aromatic heterocycles. The lowest BCUT2D eigenvalue weighted by Gasteiger charge is -2.47. The molecule has 0 spiro atoms. The van der Waals surface area contributed by atoms with Crippen molar-refractivity contribution in [1.29, 1.82) is 0 Å². The minimum absolute atomic E-state index is 0.156. The van der Waals surface area contributed by atoms with Gasteiger partial charge in [-0.05, 0) is 63.5 Å². The summed E-state index contributed by atoms with van der Waals surface area (Å²) in [6, 6.07) is 0.509. The van der Waals surface area contributed by atoms with Gasteiger partial charge in [-0.25, -0.2) is 0 Å². The largest absolute Gasteiger partial charge is 0.368 e. The van der Waals surface area contributed by atoms with Crippen LogP contribution in [0.15, 0.2) is 0 Å². The van der Waals surface area contributed by atoms with Crippen molar-refractivity contribution in [2.75, 3.05) is 19.6 Å². The van der Waals surface area contributed by atoms with E-state index in [-0.39, 0.29) is 5.91 Å². The van der Waals surface area contributed by atoms with Crippen molar-refractivity contribution in [3.63, 3.8) is 0 Å². The Balaban J connectivity index is 2.06. The molecule has 2 unspecified atom stereocenters. The molecule has 0 aromatic rings. The van der Waals surface area contributed by atoms with Gasteiger partial charge in [0, 0.05) is 12.6 Å². The summed E-state index contributed by atoms with van der Waals surface area (Å²) in [7, 11) is 0. The summed E-state index contributed by atoms with van der Waals surface area (Å²) in [6.45, 7) is 10.1. The molecule has 0 bridgehead atoms. The topological polar surface area (TPSA) is 58.4 Å². The van der Waals surface area contributed by atoms with Gasteiger partial charge < -0.3 is 11.1 Å². The maximum Gasteiger partial charge on any atom is 0.237 e. The van der Waals surface area contributed by atoms with E-state index in [1.807, 2.05) is 0 Å². The van der Waals surface area contributed by atoms with E-state index in [1.54, 1.807) is 0 Å². The van der Waals surface area contributed by atoms with E-state index in [1.165, 1.54) is 25.8 Å². The fourth-order valence-corrected chi connectivity index (χ4v) is 4.17. The number of nitrogens with zero attached hydrogens (tertiary/aromatic N) is 1. The van der Waals surface area contributed by atoms with Crippen molar-refractivity contribution in [3.05, 3.63) is 0 Å². The Labute approximate surface area is 129 Å². The minimum Gasteiger partial charge on any atom is -0.368 e. The number of primary amides is 1. The smallest absolute Gasteiger partial charge is 0.237 e. The Kier molecular flexibility index (Phi) is 5.31. The Morgan fingerprint density at radius 1 is 1.33 bits per heavy atom. The number of carbonyl (C=O) groups is 1. The lowest BCUT2D eigenvalue weighted by atomic mass is 9.75. The fraction of sp³-hybridized carbons (Fsp3) is 0.941. The maximum absolute atomic E-state index is 12.1. The molecule has 2 aliphatic rings. The standard InChI is InChI=1S/C17H33N3O/c1-4-10-19-17(15(18)21)9-5-7-14(12-17)20-11-6-8-16(2,3)13-20/h14,19H,4-13H2,1-3H3,(H2,18,21). The second-order valence-electron chi connectivity index (χ2n) is 7.86. The van der Waals surface area contributed by atoms with Crippen LogP contribution in [-0.4, -0.2) is 42.0 Å². The second kappa shape index (κ2) is 6.66. The highest BCUT2D eigenvalue weighted by atomic mass is 16.1.